The van der Waals surface area contributed by atoms with Gasteiger partial charge in [0.1, 0.15) is 11.9 Å². The molecule has 2 aliphatic rings. The Balaban J connectivity index is 1.68. The Hall–Kier alpha value is -2.43. The van der Waals surface area contributed by atoms with E-state index < -0.39 is 18.0 Å². The fraction of sp³-hybridized carbons (Fsp3) is 0.647. The molecular weight excluding hydrogens is 375 g/mol. The maximum atomic E-state index is 13.1. The molecule has 2 saturated heterocycles. The molecule has 0 N–H and O–H groups in total. The molecule has 2 fully saturated rings. The molecule has 0 aromatic carbocycles. The standard InChI is InChI=1S/C17H22F3N7O/c1-11-10-13(27-16(21-11)22-15(23-27)17(18,19)20)26-5-3-4-12(26)14(28)25-8-6-24(2)7-9-25/h10,12H,3-9H2,1-2H3/t12-/m0/s1. The summed E-state index contributed by atoms with van der Waals surface area (Å²) < 4.78 is 40.3. The predicted octanol–water partition coefficient (Wildman–Crippen LogP) is 1.19. The van der Waals surface area contributed by atoms with Gasteiger partial charge in [0.25, 0.3) is 11.6 Å². The van der Waals surface area contributed by atoms with Gasteiger partial charge < -0.3 is 14.7 Å². The zero-order chi connectivity index (χ0) is 20.1. The molecular formula is C17H22F3N7O. The first-order valence-electron chi connectivity index (χ1n) is 9.29. The minimum absolute atomic E-state index is 0.0179. The van der Waals surface area contributed by atoms with Crippen LogP contribution in [0.1, 0.15) is 24.4 Å². The van der Waals surface area contributed by atoms with Crippen LogP contribution >= 0.6 is 0 Å². The first-order chi connectivity index (χ1) is 13.2. The third kappa shape index (κ3) is 3.38. The Bertz CT molecular complexity index is 889. The van der Waals surface area contributed by atoms with Crippen molar-refractivity contribution in [1.82, 2.24) is 29.4 Å². The lowest BCUT2D eigenvalue weighted by Crippen LogP contribution is -2.53. The molecule has 0 bridgehead atoms. The Labute approximate surface area is 159 Å². The zero-order valence-electron chi connectivity index (χ0n) is 15.8. The van der Waals surface area contributed by atoms with Gasteiger partial charge in [0.15, 0.2) is 0 Å². The number of carbonyl (C=O) groups is 1. The van der Waals surface area contributed by atoms with Crippen LogP contribution in [0.5, 0.6) is 0 Å². The van der Waals surface area contributed by atoms with Crippen LogP contribution < -0.4 is 4.90 Å². The molecule has 4 heterocycles. The van der Waals surface area contributed by atoms with E-state index in [2.05, 4.69) is 20.0 Å². The lowest BCUT2D eigenvalue weighted by atomic mass is 10.1. The number of nitrogens with zero attached hydrogens (tertiary/aromatic N) is 7. The number of hydrogen-bond acceptors (Lipinski definition) is 6. The topological polar surface area (TPSA) is 69.9 Å². The molecule has 2 aromatic heterocycles. The van der Waals surface area contributed by atoms with Crippen LogP contribution in [-0.2, 0) is 11.0 Å². The largest absolute Gasteiger partial charge is 0.453 e. The third-order valence-corrected chi connectivity index (χ3v) is 5.32. The number of amides is 1. The summed E-state index contributed by atoms with van der Waals surface area (Å²) in [6.45, 7) is 5.21. The summed E-state index contributed by atoms with van der Waals surface area (Å²) in [5, 5.41) is 3.63. The summed E-state index contributed by atoms with van der Waals surface area (Å²) in [7, 11) is 2.02. The number of fused-ring (bicyclic) bond motifs is 1. The van der Waals surface area contributed by atoms with Gasteiger partial charge in [-0.1, -0.05) is 0 Å². The molecule has 0 spiro atoms. The fourth-order valence-corrected chi connectivity index (χ4v) is 3.83. The SMILES string of the molecule is Cc1cc(N2CCC[C@H]2C(=O)N2CCN(C)CC2)n2nc(C(F)(F)F)nc2n1. The van der Waals surface area contributed by atoms with Crippen LogP contribution in [0.15, 0.2) is 6.07 Å². The highest BCUT2D eigenvalue weighted by atomic mass is 19.4. The van der Waals surface area contributed by atoms with Gasteiger partial charge in [-0.3, -0.25) is 4.79 Å². The van der Waals surface area contributed by atoms with Crippen LogP contribution in [0, 0.1) is 6.92 Å². The first-order valence-corrected chi connectivity index (χ1v) is 9.29. The molecule has 2 aliphatic heterocycles. The van der Waals surface area contributed by atoms with Crippen LogP contribution in [-0.4, -0.2) is 81.1 Å². The molecule has 0 saturated carbocycles. The molecule has 8 nitrogen and oxygen atoms in total. The van der Waals surface area contributed by atoms with Crippen molar-refractivity contribution in [1.29, 1.82) is 0 Å². The van der Waals surface area contributed by atoms with Crippen molar-refractivity contribution in [3.8, 4) is 0 Å². The Morgan fingerprint density at radius 3 is 2.54 bits per heavy atom. The maximum absolute atomic E-state index is 13.1. The van der Waals surface area contributed by atoms with Gasteiger partial charge in [0, 0.05) is 44.5 Å². The van der Waals surface area contributed by atoms with Crippen molar-refractivity contribution in [3.05, 3.63) is 17.6 Å². The van der Waals surface area contributed by atoms with Crippen LogP contribution in [0.2, 0.25) is 0 Å². The molecule has 0 radical (unpaired) electrons. The van der Waals surface area contributed by atoms with E-state index in [0.29, 0.717) is 37.6 Å². The minimum atomic E-state index is -4.65. The quantitative estimate of drug-likeness (QED) is 0.759. The van der Waals surface area contributed by atoms with Crippen molar-refractivity contribution in [2.75, 3.05) is 44.7 Å². The van der Waals surface area contributed by atoms with E-state index in [-0.39, 0.29) is 11.7 Å². The lowest BCUT2D eigenvalue weighted by Gasteiger charge is -2.36. The van der Waals surface area contributed by atoms with Gasteiger partial charge in [-0.2, -0.15) is 22.7 Å². The van der Waals surface area contributed by atoms with E-state index in [1.807, 2.05) is 16.8 Å². The van der Waals surface area contributed by atoms with Gasteiger partial charge in [-0.05, 0) is 26.8 Å². The number of halogens is 3. The van der Waals surface area contributed by atoms with Gasteiger partial charge in [-0.25, -0.2) is 4.98 Å². The number of hydrogen-bond donors (Lipinski definition) is 0. The summed E-state index contributed by atoms with van der Waals surface area (Å²) in [6.07, 6.45) is -3.21. The second-order valence-corrected chi connectivity index (χ2v) is 7.38. The molecule has 11 heteroatoms. The molecule has 1 amide bonds. The van der Waals surface area contributed by atoms with E-state index >= 15 is 0 Å². The normalized spacial score (nSPS) is 21.7. The first kappa shape index (κ1) is 18.9. The second-order valence-electron chi connectivity index (χ2n) is 7.38. The van der Waals surface area contributed by atoms with E-state index in [4.69, 9.17) is 0 Å². The number of carbonyl (C=O) groups excluding carboxylic acids is 1. The Kier molecular flexibility index (Phi) is 4.64. The highest BCUT2D eigenvalue weighted by Crippen LogP contribution is 2.30. The average molecular weight is 397 g/mol. The van der Waals surface area contributed by atoms with Crippen LogP contribution in [0.4, 0.5) is 19.0 Å². The number of alkyl halides is 3. The fourth-order valence-electron chi connectivity index (χ4n) is 3.83. The summed E-state index contributed by atoms with van der Waals surface area (Å²) in [4.78, 5) is 26.6. The highest BCUT2D eigenvalue weighted by Gasteiger charge is 2.39. The Morgan fingerprint density at radius 1 is 1.14 bits per heavy atom. The molecule has 0 unspecified atom stereocenters. The second kappa shape index (κ2) is 6.87. The number of rotatable bonds is 2. The summed E-state index contributed by atoms with van der Waals surface area (Å²) in [5.41, 5.74) is 0.529. The highest BCUT2D eigenvalue weighted by molar-refractivity contribution is 5.86. The lowest BCUT2D eigenvalue weighted by molar-refractivity contribution is -0.144. The van der Waals surface area contributed by atoms with Crippen molar-refractivity contribution in [2.24, 2.45) is 0 Å². The van der Waals surface area contributed by atoms with Gasteiger partial charge in [0.2, 0.25) is 5.91 Å². The molecule has 152 valence electrons. The molecule has 2 aromatic rings. The van der Waals surface area contributed by atoms with Crippen LogP contribution in [0.25, 0.3) is 5.78 Å². The predicted molar refractivity (Wildman–Crippen MR) is 95.0 cm³/mol. The number of aryl methyl sites for hydroxylation is 1. The van der Waals surface area contributed by atoms with E-state index in [9.17, 15) is 18.0 Å². The Morgan fingerprint density at radius 2 is 1.86 bits per heavy atom. The number of aromatic nitrogens is 4. The molecule has 28 heavy (non-hydrogen) atoms. The molecule has 0 aliphatic carbocycles. The summed E-state index contributed by atoms with van der Waals surface area (Å²) in [5.74, 6) is -0.895. The van der Waals surface area contributed by atoms with Crippen molar-refractivity contribution < 1.29 is 18.0 Å². The smallest absolute Gasteiger partial charge is 0.344 e. The van der Waals surface area contributed by atoms with Crippen LogP contribution in [0.3, 0.4) is 0 Å². The van der Waals surface area contributed by atoms with Crippen molar-refractivity contribution >= 4 is 17.5 Å². The van der Waals surface area contributed by atoms with E-state index in [0.717, 1.165) is 24.0 Å². The summed E-state index contributed by atoms with van der Waals surface area (Å²) in [6, 6.07) is 1.25. The van der Waals surface area contributed by atoms with Crippen molar-refractivity contribution in [2.45, 2.75) is 32.0 Å². The number of piperazine rings is 1. The average Bonchev–Trinajstić information content (AvgIpc) is 3.27. The van der Waals surface area contributed by atoms with E-state index in [1.54, 1.807) is 13.0 Å². The van der Waals surface area contributed by atoms with Gasteiger partial charge in [0.05, 0.1) is 0 Å². The number of likely N-dealkylation sites (N-methyl/N-ethyl adjacent to an activating group) is 1. The maximum Gasteiger partial charge on any atom is 0.453 e. The zero-order valence-corrected chi connectivity index (χ0v) is 15.8. The molecule has 4 rings (SSSR count). The van der Waals surface area contributed by atoms with Crippen molar-refractivity contribution in [3.63, 3.8) is 0 Å². The summed E-state index contributed by atoms with van der Waals surface area (Å²) >= 11 is 0. The van der Waals surface area contributed by atoms with E-state index in [1.165, 1.54) is 0 Å². The molecule has 1 atom stereocenters. The number of anilines is 1. The third-order valence-electron chi connectivity index (χ3n) is 5.32. The van der Waals surface area contributed by atoms with Gasteiger partial charge >= 0.3 is 6.18 Å². The minimum Gasteiger partial charge on any atom is -0.344 e. The monoisotopic (exact) mass is 397 g/mol. The van der Waals surface area contributed by atoms with Gasteiger partial charge in [-0.15, -0.1) is 5.10 Å².